The summed E-state index contributed by atoms with van der Waals surface area (Å²) in [6.07, 6.45) is 0. The van der Waals surface area contributed by atoms with Crippen LogP contribution in [0, 0.1) is 0 Å². The third-order valence-corrected chi connectivity index (χ3v) is 5.35. The molecule has 0 fully saturated rings. The molecule has 38 heavy (non-hydrogen) atoms. The molecule has 0 amide bonds. The van der Waals surface area contributed by atoms with E-state index in [0.29, 0.717) is 11.8 Å². The molecule has 0 bridgehead atoms. The third kappa shape index (κ3) is 13.4. The minimum absolute atomic E-state index is 0.571. The molecule has 0 nitrogen and oxygen atoms in total. The van der Waals surface area contributed by atoms with Gasteiger partial charge in [0.05, 0.1) is 0 Å². The van der Waals surface area contributed by atoms with Crippen LogP contribution in [0.5, 0.6) is 0 Å². The normalized spacial score (nSPS) is 9.00. The second-order valence-corrected chi connectivity index (χ2v) is 8.25. The maximum Gasteiger partial charge on any atom is -0.0149 e. The molecule has 4 aromatic carbocycles. The van der Waals surface area contributed by atoms with Crippen molar-refractivity contribution in [1.29, 1.82) is 0 Å². The van der Waals surface area contributed by atoms with Gasteiger partial charge in [-0.15, -0.1) is 0 Å². The van der Waals surface area contributed by atoms with Crippen LogP contribution in [0.2, 0.25) is 0 Å². The van der Waals surface area contributed by atoms with E-state index in [1.54, 1.807) is 0 Å². The first kappa shape index (κ1) is 37.0. The maximum atomic E-state index is 2.24. The van der Waals surface area contributed by atoms with Crippen molar-refractivity contribution in [3.8, 4) is 22.3 Å². The molecule has 0 saturated carbocycles. The number of rotatable bonds is 4. The van der Waals surface area contributed by atoms with Crippen LogP contribution in [0.3, 0.4) is 0 Å². The minimum atomic E-state index is 0.571. The summed E-state index contributed by atoms with van der Waals surface area (Å²) < 4.78 is 0. The maximum absolute atomic E-state index is 2.24. The molecule has 0 aromatic heterocycles. The van der Waals surface area contributed by atoms with Crippen LogP contribution in [0.15, 0.2) is 109 Å². The summed E-state index contributed by atoms with van der Waals surface area (Å²) in [4.78, 5) is 0. The first-order chi connectivity index (χ1) is 18.6. The average Bonchev–Trinajstić information content (AvgIpc) is 3.02. The van der Waals surface area contributed by atoms with Gasteiger partial charge in [0, 0.05) is 0 Å². The van der Waals surface area contributed by atoms with Crippen LogP contribution in [-0.2, 0) is 0 Å². The predicted octanol–water partition coefficient (Wildman–Crippen LogP) is 13.1. The zero-order chi connectivity index (χ0) is 29.3. The largest absolute Gasteiger partial charge is 0.0683 e. The third-order valence-electron chi connectivity index (χ3n) is 5.35. The van der Waals surface area contributed by atoms with Crippen molar-refractivity contribution in [3.05, 3.63) is 120 Å². The van der Waals surface area contributed by atoms with Crippen molar-refractivity contribution in [2.75, 3.05) is 0 Å². The van der Waals surface area contributed by atoms with Crippen molar-refractivity contribution >= 4 is 0 Å². The van der Waals surface area contributed by atoms with Gasteiger partial charge in [-0.25, -0.2) is 0 Å². The average molecular weight is 513 g/mol. The molecule has 4 rings (SSSR count). The molecule has 0 aliphatic heterocycles. The van der Waals surface area contributed by atoms with Crippen LogP contribution in [0.4, 0.5) is 0 Å². The molecule has 0 heteroatoms. The van der Waals surface area contributed by atoms with Gasteiger partial charge in [0.2, 0.25) is 0 Å². The molecule has 0 saturated heterocycles. The highest BCUT2D eigenvalue weighted by Crippen LogP contribution is 2.28. The first-order valence-corrected chi connectivity index (χ1v) is 14.9. The van der Waals surface area contributed by atoms with E-state index in [2.05, 4.69) is 131 Å². The number of benzene rings is 4. The molecule has 0 atom stereocenters. The van der Waals surface area contributed by atoms with Crippen molar-refractivity contribution < 1.29 is 0 Å². The van der Waals surface area contributed by atoms with E-state index in [1.165, 1.54) is 33.4 Å². The van der Waals surface area contributed by atoms with Gasteiger partial charge in [0.15, 0.2) is 0 Å². The van der Waals surface area contributed by atoms with E-state index in [9.17, 15) is 0 Å². The van der Waals surface area contributed by atoms with E-state index in [0.717, 1.165) is 0 Å². The monoisotopic (exact) mass is 512 g/mol. The first-order valence-electron chi connectivity index (χ1n) is 14.9. The Bertz CT molecular complexity index is 1010. The van der Waals surface area contributed by atoms with Crippen LogP contribution in [-0.4, -0.2) is 0 Å². The van der Waals surface area contributed by atoms with E-state index in [4.69, 9.17) is 0 Å². The predicted molar refractivity (Wildman–Crippen MR) is 177 cm³/mol. The van der Waals surface area contributed by atoms with E-state index < -0.39 is 0 Å². The van der Waals surface area contributed by atoms with Gasteiger partial charge >= 0.3 is 0 Å². The molecule has 0 spiro atoms. The fourth-order valence-electron chi connectivity index (χ4n) is 3.57. The number of hydrogen-bond donors (Lipinski definition) is 0. The standard InChI is InChI=1S/2C15H16.4C2H6/c1-12(2)14-10-6-7-11-15(14)13-8-4-3-5-9-13;1-12(2)13-8-10-15(11-9-13)14-6-4-3-5-7-14;4*1-2/h2*3-12H,1-2H3;4*1-2H3. The van der Waals surface area contributed by atoms with Gasteiger partial charge in [0.1, 0.15) is 0 Å². The van der Waals surface area contributed by atoms with Crippen LogP contribution in [0.1, 0.15) is 106 Å². The van der Waals surface area contributed by atoms with E-state index in [-0.39, 0.29) is 0 Å². The summed E-state index contributed by atoms with van der Waals surface area (Å²) >= 11 is 0. The van der Waals surface area contributed by atoms with Gasteiger partial charge in [-0.2, -0.15) is 0 Å². The Kier molecular flexibility index (Phi) is 23.6. The van der Waals surface area contributed by atoms with Crippen molar-refractivity contribution in [2.45, 2.75) is 94.9 Å². The molecule has 4 aromatic rings. The molecule has 0 heterocycles. The lowest BCUT2D eigenvalue weighted by Gasteiger charge is -2.12. The lowest BCUT2D eigenvalue weighted by atomic mass is 9.93. The summed E-state index contributed by atoms with van der Waals surface area (Å²) in [6.45, 7) is 24.9. The lowest BCUT2D eigenvalue weighted by molar-refractivity contribution is 0.867. The van der Waals surface area contributed by atoms with Gasteiger partial charge in [-0.3, -0.25) is 0 Å². The zero-order valence-corrected chi connectivity index (χ0v) is 26.5. The fraction of sp³-hybridized carbons (Fsp3) is 0.368. The second kappa shape index (κ2) is 24.2. The zero-order valence-electron chi connectivity index (χ0n) is 26.5. The van der Waals surface area contributed by atoms with Crippen molar-refractivity contribution in [2.24, 2.45) is 0 Å². The van der Waals surface area contributed by atoms with Crippen LogP contribution < -0.4 is 0 Å². The Balaban J connectivity index is 0. The van der Waals surface area contributed by atoms with Crippen molar-refractivity contribution in [3.63, 3.8) is 0 Å². The summed E-state index contributed by atoms with van der Waals surface area (Å²) in [5.41, 5.74) is 8.06. The second-order valence-electron chi connectivity index (χ2n) is 8.25. The Morgan fingerprint density at radius 3 is 1.13 bits per heavy atom. The Morgan fingerprint density at radius 1 is 0.342 bits per heavy atom. The number of hydrogen-bond acceptors (Lipinski definition) is 0. The van der Waals surface area contributed by atoms with Crippen LogP contribution in [0.25, 0.3) is 22.3 Å². The Hall–Kier alpha value is -3.12. The smallest absolute Gasteiger partial charge is 0.0149 e. The highest BCUT2D eigenvalue weighted by Gasteiger charge is 2.06. The molecular formula is C38H56. The molecule has 0 radical (unpaired) electrons. The van der Waals surface area contributed by atoms with E-state index >= 15 is 0 Å². The summed E-state index contributed by atoms with van der Waals surface area (Å²) in [5.74, 6) is 1.18. The molecule has 0 aliphatic carbocycles. The summed E-state index contributed by atoms with van der Waals surface area (Å²) in [5, 5.41) is 0. The molecule has 0 N–H and O–H groups in total. The topological polar surface area (TPSA) is 0 Å². The quantitative estimate of drug-likeness (QED) is 0.255. The molecule has 0 aliphatic rings. The van der Waals surface area contributed by atoms with Gasteiger partial charge in [-0.1, -0.05) is 192 Å². The SMILES string of the molecule is CC.CC.CC.CC.CC(C)c1ccc(-c2ccccc2)cc1.CC(C)c1ccccc1-c1ccccc1. The molecule has 208 valence electrons. The highest BCUT2D eigenvalue weighted by molar-refractivity contribution is 5.67. The Labute approximate surface area is 237 Å². The van der Waals surface area contributed by atoms with Crippen molar-refractivity contribution in [1.82, 2.24) is 0 Å². The molecule has 0 unspecified atom stereocenters. The Morgan fingerprint density at radius 2 is 0.711 bits per heavy atom. The lowest BCUT2D eigenvalue weighted by Crippen LogP contribution is -1.91. The summed E-state index contributed by atoms with van der Waals surface area (Å²) in [7, 11) is 0. The minimum Gasteiger partial charge on any atom is -0.0683 e. The van der Waals surface area contributed by atoms with E-state index in [1.807, 2.05) is 61.5 Å². The van der Waals surface area contributed by atoms with Crippen LogP contribution >= 0.6 is 0 Å². The highest BCUT2D eigenvalue weighted by atomic mass is 14.1. The van der Waals surface area contributed by atoms with Gasteiger partial charge < -0.3 is 0 Å². The van der Waals surface area contributed by atoms with Gasteiger partial charge in [0.25, 0.3) is 0 Å². The van der Waals surface area contributed by atoms with Gasteiger partial charge in [-0.05, 0) is 45.2 Å². The molecular weight excluding hydrogens is 456 g/mol. The fourth-order valence-corrected chi connectivity index (χ4v) is 3.57. The summed E-state index contributed by atoms with van der Waals surface area (Å²) in [6, 6.07) is 38.5.